The van der Waals surface area contributed by atoms with Crippen LogP contribution in [0.4, 0.5) is 0 Å². The van der Waals surface area contributed by atoms with Crippen LogP contribution in [0.25, 0.3) is 0 Å². The van der Waals surface area contributed by atoms with E-state index < -0.39 is 179 Å². The third-order valence-corrected chi connectivity index (χ3v) is 9.98. The van der Waals surface area contributed by atoms with E-state index in [0.29, 0.717) is 0 Å². The van der Waals surface area contributed by atoms with Gasteiger partial charge in [0.1, 0.15) is 91.5 Å². The number of hydrogen-bond acceptors (Lipinski definition) is 23. The molecule has 4 heterocycles. The number of rotatable bonds is 15. The maximum absolute atomic E-state index is 12.6. The predicted octanol–water partition coefficient (Wildman–Crippen LogP) is -10.3. The molecule has 0 aliphatic carbocycles. The monoisotopic (exact) mass is 836 g/mol. The fraction of sp³-hybridized carbons (Fsp3) is 0.903. The first-order chi connectivity index (χ1) is 26.7. The van der Waals surface area contributed by atoms with Crippen molar-refractivity contribution < 1.29 is 119 Å². The van der Waals surface area contributed by atoms with Crippen molar-refractivity contribution in [1.82, 2.24) is 10.6 Å². The summed E-state index contributed by atoms with van der Waals surface area (Å²) in [5.74, 6) is -6.38. The molecule has 0 radical (unpaired) electrons. The van der Waals surface area contributed by atoms with Crippen LogP contribution in [0.5, 0.6) is 0 Å². The zero-order chi connectivity index (χ0) is 42.7. The predicted molar refractivity (Wildman–Crippen MR) is 174 cm³/mol. The van der Waals surface area contributed by atoms with Gasteiger partial charge in [0.2, 0.25) is 11.8 Å². The number of aliphatic hydroxyl groups is 13. The van der Waals surface area contributed by atoms with Crippen LogP contribution in [0, 0.1) is 0 Å². The first-order valence-corrected chi connectivity index (χ1v) is 17.7. The van der Waals surface area contributed by atoms with Gasteiger partial charge in [0.05, 0.1) is 38.6 Å². The van der Waals surface area contributed by atoms with Gasteiger partial charge in [0.25, 0.3) is 5.79 Å². The van der Waals surface area contributed by atoms with E-state index >= 15 is 0 Å². The summed E-state index contributed by atoms with van der Waals surface area (Å²) >= 11 is 0. The molecule has 16 N–H and O–H groups in total. The minimum atomic E-state index is -2.91. The molecule has 20 unspecified atom stereocenters. The fourth-order valence-corrected chi connectivity index (χ4v) is 6.93. The highest BCUT2D eigenvalue weighted by molar-refractivity contribution is 5.76. The Morgan fingerprint density at radius 1 is 0.702 bits per heavy atom. The molecule has 21 atom stereocenters. The lowest BCUT2D eigenvalue weighted by Crippen LogP contribution is -2.69. The van der Waals surface area contributed by atoms with E-state index in [1.165, 1.54) is 0 Å². The van der Waals surface area contributed by atoms with Crippen LogP contribution in [0.2, 0.25) is 0 Å². The Bertz CT molecular complexity index is 1350. The molecule has 26 nitrogen and oxygen atoms in total. The standard InChI is InChI=1S/C31H52N2O24/c1-8(37)32-15-10(39)3-31(30(49)50,57-25(15)17(41)11(40)4-34)51-7-14-19(43)21(45)23(47)29(54-14)55-24-13(6-36)53-28(16(20(24)44)33-9(2)38)56-26-22(46)18(42)12(5-35)52-27(26)48/h10-29,34-36,39-48H,3-7H2,1-2H3,(H,32,37)(H,33,38)(H,49,50)/t10?,11?,12?,13?,14?,15?,16?,17-,18?,19?,20?,21?,22?,23?,24?,25?,26?,27?,28?,29?,31?/m1/s1. The molecule has 0 aromatic heterocycles. The van der Waals surface area contributed by atoms with Crippen LogP contribution in [-0.2, 0) is 47.5 Å². The van der Waals surface area contributed by atoms with Crippen LogP contribution in [0.1, 0.15) is 20.3 Å². The van der Waals surface area contributed by atoms with Crippen LogP contribution in [0.15, 0.2) is 0 Å². The van der Waals surface area contributed by atoms with E-state index in [0.717, 1.165) is 13.8 Å². The fourth-order valence-electron chi connectivity index (χ4n) is 6.93. The maximum atomic E-state index is 12.6. The average molecular weight is 837 g/mol. The van der Waals surface area contributed by atoms with Gasteiger partial charge in [-0.1, -0.05) is 0 Å². The minimum Gasteiger partial charge on any atom is -0.477 e. The summed E-state index contributed by atoms with van der Waals surface area (Å²) in [5.41, 5.74) is 0. The van der Waals surface area contributed by atoms with Crippen LogP contribution < -0.4 is 10.6 Å². The van der Waals surface area contributed by atoms with Crippen LogP contribution in [-0.4, -0.2) is 244 Å². The minimum absolute atomic E-state index is 0.754. The van der Waals surface area contributed by atoms with Crippen molar-refractivity contribution in [2.75, 3.05) is 26.4 Å². The van der Waals surface area contributed by atoms with Crippen molar-refractivity contribution in [1.29, 1.82) is 0 Å². The summed E-state index contributed by atoms with van der Waals surface area (Å²) in [4.78, 5) is 36.6. The van der Waals surface area contributed by atoms with Crippen molar-refractivity contribution in [2.24, 2.45) is 0 Å². The van der Waals surface area contributed by atoms with Gasteiger partial charge >= 0.3 is 5.97 Å². The number of hydrogen-bond donors (Lipinski definition) is 16. The summed E-state index contributed by atoms with van der Waals surface area (Å²) in [6.07, 6.45) is -35.2. The Morgan fingerprint density at radius 2 is 1.26 bits per heavy atom. The Hall–Kier alpha value is -2.39. The van der Waals surface area contributed by atoms with E-state index in [2.05, 4.69) is 10.6 Å². The molecule has 2 amide bonds. The lowest BCUT2D eigenvalue weighted by atomic mass is 9.88. The van der Waals surface area contributed by atoms with E-state index in [-0.39, 0.29) is 0 Å². The summed E-state index contributed by atoms with van der Waals surface area (Å²) < 4.78 is 38.7. The quantitative estimate of drug-likeness (QED) is 0.0728. The van der Waals surface area contributed by atoms with Gasteiger partial charge in [0, 0.05) is 20.3 Å². The first kappa shape index (κ1) is 47.3. The van der Waals surface area contributed by atoms with Gasteiger partial charge in [-0.25, -0.2) is 4.79 Å². The van der Waals surface area contributed by atoms with Crippen molar-refractivity contribution in [3.63, 3.8) is 0 Å². The Kier molecular flexibility index (Phi) is 16.4. The van der Waals surface area contributed by atoms with Crippen LogP contribution >= 0.6 is 0 Å². The molecule has 57 heavy (non-hydrogen) atoms. The molecule has 4 saturated heterocycles. The zero-order valence-corrected chi connectivity index (χ0v) is 30.4. The van der Waals surface area contributed by atoms with E-state index in [1.807, 2.05) is 0 Å². The third-order valence-electron chi connectivity index (χ3n) is 9.98. The molecule has 0 spiro atoms. The SMILES string of the molecule is CC(=O)NC1C(OC2C(O)OC(CO)C(O)C2O)OC(CO)C(OC2OC(COC3(C(=O)O)CC(O)C(NC(C)=O)C([C@H](O)C(O)CO)O3)C(O)C(O)C2O)C1O. The van der Waals surface area contributed by atoms with Crippen molar-refractivity contribution in [3.05, 3.63) is 0 Å². The lowest BCUT2D eigenvalue weighted by molar-refractivity contribution is -0.373. The first-order valence-electron chi connectivity index (χ1n) is 17.7. The number of aliphatic hydroxyl groups excluding tert-OH is 13. The Balaban J connectivity index is 1.54. The number of carbonyl (C=O) groups excluding carboxylic acids is 2. The molecule has 26 heteroatoms. The second-order valence-corrected chi connectivity index (χ2v) is 14.1. The van der Waals surface area contributed by atoms with E-state index in [4.69, 9.17) is 33.2 Å². The third kappa shape index (κ3) is 10.3. The highest BCUT2D eigenvalue weighted by Gasteiger charge is 2.58. The molecule has 4 aliphatic heterocycles. The second-order valence-electron chi connectivity index (χ2n) is 14.1. The normalized spacial score (nSPS) is 45.1. The van der Waals surface area contributed by atoms with Gasteiger partial charge in [0.15, 0.2) is 18.9 Å². The number of aliphatic carboxylic acids is 1. The highest BCUT2D eigenvalue weighted by Crippen LogP contribution is 2.36. The van der Waals surface area contributed by atoms with Gasteiger partial charge in [-0.15, -0.1) is 0 Å². The molecule has 4 rings (SSSR count). The molecular weight excluding hydrogens is 784 g/mol. The molecule has 0 bridgehead atoms. The van der Waals surface area contributed by atoms with Crippen molar-refractivity contribution in [2.45, 2.75) is 149 Å². The number of amides is 2. The number of nitrogens with one attached hydrogen (secondary N) is 2. The highest BCUT2D eigenvalue weighted by atomic mass is 16.8. The number of ether oxygens (including phenoxy) is 7. The van der Waals surface area contributed by atoms with Gasteiger partial charge in [-0.2, -0.15) is 0 Å². The lowest BCUT2D eigenvalue weighted by Gasteiger charge is -2.49. The zero-order valence-electron chi connectivity index (χ0n) is 30.4. The smallest absolute Gasteiger partial charge is 0.364 e. The van der Waals surface area contributed by atoms with Gasteiger partial charge < -0.3 is 115 Å². The molecule has 330 valence electrons. The molecule has 4 aliphatic rings. The van der Waals surface area contributed by atoms with Crippen molar-refractivity contribution in [3.8, 4) is 0 Å². The second kappa shape index (κ2) is 19.8. The summed E-state index contributed by atoms with van der Waals surface area (Å²) in [5, 5.41) is 150. The van der Waals surface area contributed by atoms with Gasteiger partial charge in [-0.3, -0.25) is 9.59 Å². The number of carbonyl (C=O) groups is 3. The van der Waals surface area contributed by atoms with E-state index in [9.17, 15) is 85.9 Å². The molecule has 0 aromatic rings. The summed E-state index contributed by atoms with van der Waals surface area (Å²) in [6, 6.07) is -3.20. The summed E-state index contributed by atoms with van der Waals surface area (Å²) in [6.45, 7) is -1.83. The van der Waals surface area contributed by atoms with E-state index in [1.54, 1.807) is 0 Å². The Labute approximate surface area is 322 Å². The van der Waals surface area contributed by atoms with Crippen molar-refractivity contribution >= 4 is 17.8 Å². The van der Waals surface area contributed by atoms with Gasteiger partial charge in [-0.05, 0) is 0 Å². The molecule has 4 fully saturated rings. The largest absolute Gasteiger partial charge is 0.477 e. The number of carboxylic acid groups (broad SMARTS) is 1. The molecular formula is C31H52N2O24. The molecule has 0 saturated carbocycles. The number of carboxylic acids is 1. The van der Waals surface area contributed by atoms with Crippen LogP contribution in [0.3, 0.4) is 0 Å². The average Bonchev–Trinajstić information content (AvgIpc) is 3.16. The topological polar surface area (TPSA) is 423 Å². The maximum Gasteiger partial charge on any atom is 0.364 e. The molecule has 0 aromatic carbocycles. The Morgan fingerprint density at radius 3 is 1.82 bits per heavy atom. The summed E-state index contributed by atoms with van der Waals surface area (Å²) in [7, 11) is 0.